The van der Waals surface area contributed by atoms with E-state index in [1.54, 1.807) is 20.8 Å². The fourth-order valence-electron chi connectivity index (χ4n) is 3.42. The first-order chi connectivity index (χ1) is 8.05. The van der Waals surface area contributed by atoms with Crippen molar-refractivity contribution in [2.75, 3.05) is 7.11 Å². The summed E-state index contributed by atoms with van der Waals surface area (Å²) in [6.07, 6.45) is -1.10. The maximum Gasteiger partial charge on any atom is 0.517 e. The Hall–Kier alpha value is -1.14. The van der Waals surface area contributed by atoms with Crippen molar-refractivity contribution < 1.29 is 29.0 Å². The Morgan fingerprint density at radius 2 is 1.83 bits per heavy atom. The van der Waals surface area contributed by atoms with Gasteiger partial charge in [0.1, 0.15) is 5.54 Å². The van der Waals surface area contributed by atoms with Crippen molar-refractivity contribution in [2.45, 2.75) is 57.8 Å². The summed E-state index contributed by atoms with van der Waals surface area (Å²) in [4.78, 5) is 23.5. The Labute approximate surface area is 107 Å². The first kappa shape index (κ1) is 14.9. The average Bonchev–Trinajstić information content (AvgIpc) is 2.52. The van der Waals surface area contributed by atoms with Crippen LogP contribution >= 0.6 is 0 Å². The standard InChI is InChI=1S/C12H21NO5/c1-11(2,3)13(10(16)17)8(18-5)6-7-12(13,4)9(14)15/h8H,6-7H2,1-5H3,(H-,14,15,16,17)/p+1/t8?,12-,13?/m1/s1. The predicted octanol–water partition coefficient (Wildman–Crippen LogP) is 1.89. The Balaban J connectivity index is 3.58. The van der Waals surface area contributed by atoms with Gasteiger partial charge >= 0.3 is 12.1 Å². The van der Waals surface area contributed by atoms with Gasteiger partial charge in [-0.3, -0.25) is 0 Å². The number of carbonyl (C=O) groups is 2. The average molecular weight is 260 g/mol. The summed E-state index contributed by atoms with van der Waals surface area (Å²) < 4.78 is 4.68. The lowest BCUT2D eigenvalue weighted by Crippen LogP contribution is -2.76. The zero-order chi connectivity index (χ0) is 14.4. The number of amides is 1. The molecule has 0 aromatic carbocycles. The summed E-state index contributed by atoms with van der Waals surface area (Å²) in [7, 11) is 1.43. The number of carboxylic acids is 1. The molecule has 3 atom stereocenters. The quantitative estimate of drug-likeness (QED) is 0.741. The number of rotatable bonds is 2. The third kappa shape index (κ3) is 1.55. The van der Waals surface area contributed by atoms with Crippen LogP contribution < -0.4 is 0 Å². The number of hydrogen-bond acceptors (Lipinski definition) is 3. The van der Waals surface area contributed by atoms with Crippen molar-refractivity contribution in [1.82, 2.24) is 0 Å². The Bertz CT molecular complexity index is 375. The Morgan fingerprint density at radius 3 is 2.11 bits per heavy atom. The number of methoxy groups -OCH3 is 1. The first-order valence-electron chi connectivity index (χ1n) is 5.94. The van der Waals surface area contributed by atoms with E-state index in [1.807, 2.05) is 0 Å². The zero-order valence-corrected chi connectivity index (χ0v) is 11.6. The van der Waals surface area contributed by atoms with E-state index >= 15 is 0 Å². The predicted molar refractivity (Wildman–Crippen MR) is 64.1 cm³/mol. The van der Waals surface area contributed by atoms with Crippen molar-refractivity contribution in [2.24, 2.45) is 0 Å². The lowest BCUT2D eigenvalue weighted by atomic mass is 9.90. The van der Waals surface area contributed by atoms with E-state index in [0.717, 1.165) is 0 Å². The van der Waals surface area contributed by atoms with Crippen LogP contribution in [0.25, 0.3) is 0 Å². The number of hydrogen-bond donors (Lipinski definition) is 2. The molecule has 104 valence electrons. The number of nitrogens with zero attached hydrogens (tertiary/aromatic N) is 1. The molecule has 2 N–H and O–H groups in total. The largest absolute Gasteiger partial charge is 0.517 e. The number of likely N-dealkylation sites (tertiary alicyclic amines) is 1. The van der Waals surface area contributed by atoms with Gasteiger partial charge in [-0.1, -0.05) is 0 Å². The van der Waals surface area contributed by atoms with E-state index in [0.29, 0.717) is 6.42 Å². The van der Waals surface area contributed by atoms with Crippen LogP contribution in [0.2, 0.25) is 0 Å². The first-order valence-corrected chi connectivity index (χ1v) is 5.94. The van der Waals surface area contributed by atoms with Crippen LogP contribution in [-0.2, 0) is 9.53 Å². The van der Waals surface area contributed by atoms with E-state index in [2.05, 4.69) is 0 Å². The molecular formula is C12H22NO5+. The molecule has 1 fully saturated rings. The SMILES string of the molecule is COC1CC[C@](C)(C(=O)O)[N+]1(C(=O)O)C(C)(C)C. The summed E-state index contributed by atoms with van der Waals surface area (Å²) in [5.74, 6) is -1.10. The van der Waals surface area contributed by atoms with E-state index in [9.17, 15) is 19.8 Å². The monoisotopic (exact) mass is 260 g/mol. The molecule has 0 aromatic rings. The highest BCUT2D eigenvalue weighted by Gasteiger charge is 2.72. The van der Waals surface area contributed by atoms with Gasteiger partial charge in [0.2, 0.25) is 11.8 Å². The number of aliphatic carboxylic acids is 1. The minimum atomic E-state index is -1.38. The van der Waals surface area contributed by atoms with E-state index in [-0.39, 0.29) is 6.42 Å². The molecule has 0 saturated carbocycles. The smallest absolute Gasteiger partial charge is 0.477 e. The van der Waals surface area contributed by atoms with Crippen molar-refractivity contribution >= 4 is 12.1 Å². The lowest BCUT2D eigenvalue weighted by molar-refractivity contribution is -0.967. The summed E-state index contributed by atoms with van der Waals surface area (Å²) >= 11 is 0. The highest BCUT2D eigenvalue weighted by Crippen LogP contribution is 2.48. The van der Waals surface area contributed by atoms with Crippen LogP contribution in [-0.4, -0.2) is 51.2 Å². The Kier molecular flexibility index (Phi) is 3.49. The normalized spacial score (nSPS) is 36.6. The van der Waals surface area contributed by atoms with Crippen molar-refractivity contribution in [3.63, 3.8) is 0 Å². The van der Waals surface area contributed by atoms with E-state index < -0.39 is 33.9 Å². The summed E-state index contributed by atoms with van der Waals surface area (Å²) in [5.41, 5.74) is -2.17. The van der Waals surface area contributed by atoms with Crippen LogP contribution in [0.4, 0.5) is 4.79 Å². The van der Waals surface area contributed by atoms with Crippen molar-refractivity contribution in [3.05, 3.63) is 0 Å². The molecule has 0 spiro atoms. The molecule has 18 heavy (non-hydrogen) atoms. The van der Waals surface area contributed by atoms with Gasteiger partial charge < -0.3 is 14.9 Å². The van der Waals surface area contributed by atoms with E-state index in [1.165, 1.54) is 14.0 Å². The number of ether oxygens (including phenoxy) is 1. The van der Waals surface area contributed by atoms with Crippen LogP contribution in [0.3, 0.4) is 0 Å². The van der Waals surface area contributed by atoms with Gasteiger partial charge in [0.15, 0.2) is 0 Å². The van der Waals surface area contributed by atoms with Gasteiger partial charge in [-0.05, 0) is 20.8 Å². The molecule has 2 unspecified atom stereocenters. The van der Waals surface area contributed by atoms with Gasteiger partial charge in [-0.25, -0.2) is 4.79 Å². The molecule has 0 bridgehead atoms. The minimum absolute atomic E-state index is 0.282. The van der Waals surface area contributed by atoms with Crippen molar-refractivity contribution in [1.29, 1.82) is 0 Å². The van der Waals surface area contributed by atoms with E-state index in [4.69, 9.17) is 4.74 Å². The molecular weight excluding hydrogens is 238 g/mol. The second-order valence-corrected chi connectivity index (χ2v) is 5.98. The molecule has 1 saturated heterocycles. The Morgan fingerprint density at radius 1 is 1.33 bits per heavy atom. The van der Waals surface area contributed by atoms with Crippen LogP contribution in [0.1, 0.15) is 40.5 Å². The summed E-state index contributed by atoms with van der Waals surface area (Å²) in [6.45, 7) is 6.70. The molecule has 1 aliphatic heterocycles. The second kappa shape index (κ2) is 4.20. The van der Waals surface area contributed by atoms with Gasteiger partial charge in [-0.2, -0.15) is 9.28 Å². The third-order valence-electron chi connectivity index (χ3n) is 4.18. The third-order valence-corrected chi connectivity index (χ3v) is 4.18. The molecule has 1 aliphatic rings. The zero-order valence-electron chi connectivity index (χ0n) is 11.6. The highest BCUT2D eigenvalue weighted by molar-refractivity contribution is 5.80. The van der Waals surface area contributed by atoms with Crippen LogP contribution in [0.15, 0.2) is 0 Å². The van der Waals surface area contributed by atoms with Crippen molar-refractivity contribution in [3.8, 4) is 0 Å². The molecule has 1 rings (SSSR count). The van der Waals surface area contributed by atoms with Gasteiger partial charge in [-0.15, -0.1) is 0 Å². The van der Waals surface area contributed by atoms with Gasteiger partial charge in [0.25, 0.3) is 0 Å². The van der Waals surface area contributed by atoms with Crippen LogP contribution in [0.5, 0.6) is 0 Å². The second-order valence-electron chi connectivity index (χ2n) is 5.98. The molecule has 0 radical (unpaired) electrons. The van der Waals surface area contributed by atoms with Gasteiger partial charge in [0, 0.05) is 26.9 Å². The topological polar surface area (TPSA) is 83.8 Å². The number of quaternary nitrogens is 1. The van der Waals surface area contributed by atoms with Gasteiger partial charge in [0.05, 0.1) is 0 Å². The fraction of sp³-hybridized carbons (Fsp3) is 0.833. The molecule has 6 heteroatoms. The minimum Gasteiger partial charge on any atom is -0.477 e. The summed E-state index contributed by atoms with van der Waals surface area (Å²) in [5, 5.41) is 19.2. The number of carboxylic acid groups (broad SMARTS) is 2. The molecule has 0 aromatic heterocycles. The maximum absolute atomic E-state index is 11.9. The fourth-order valence-corrected chi connectivity index (χ4v) is 3.42. The molecule has 1 amide bonds. The molecule has 0 aliphatic carbocycles. The highest BCUT2D eigenvalue weighted by atomic mass is 16.5. The lowest BCUT2D eigenvalue weighted by Gasteiger charge is -2.50. The maximum atomic E-state index is 11.9. The molecule has 6 nitrogen and oxygen atoms in total. The summed E-state index contributed by atoms with van der Waals surface area (Å²) in [6, 6.07) is 0. The van der Waals surface area contributed by atoms with Crippen LogP contribution in [0, 0.1) is 0 Å². The molecule has 1 heterocycles.